The largest absolute Gasteiger partial charge is 0.573 e. The van der Waals surface area contributed by atoms with Crippen LogP contribution in [-0.2, 0) is 11.3 Å². The van der Waals surface area contributed by atoms with Crippen molar-refractivity contribution in [1.29, 1.82) is 0 Å². The van der Waals surface area contributed by atoms with Gasteiger partial charge in [0.25, 0.3) is 0 Å². The standard InChI is InChI=1S/C26H25F3N4O5/c27-26(28,29)37-21-4-2-1-3-19(21)22-20(23(38-32-22)14-5-6-14)13-36-18-9-16-7-8-17(10-18)33(16)25-30-11-15(12-31-25)24(34)35/h1-4,11-12,14,16-18H,5-10,13H2,(H,34,35)/t16-,17+,18-. The van der Waals surface area contributed by atoms with Crippen LogP contribution >= 0.6 is 0 Å². The first-order valence-corrected chi connectivity index (χ1v) is 12.6. The van der Waals surface area contributed by atoms with Crippen molar-refractivity contribution in [1.82, 2.24) is 15.1 Å². The Bertz CT molecular complexity index is 1310. The Balaban J connectivity index is 1.19. The number of carboxylic acid groups (broad SMARTS) is 1. The van der Waals surface area contributed by atoms with Crippen LogP contribution in [0.25, 0.3) is 11.3 Å². The highest BCUT2D eigenvalue weighted by Gasteiger charge is 2.43. The molecular weight excluding hydrogens is 505 g/mol. The van der Waals surface area contributed by atoms with E-state index in [9.17, 15) is 18.0 Å². The summed E-state index contributed by atoms with van der Waals surface area (Å²) in [7, 11) is 0. The normalized spacial score (nSPS) is 23.0. The van der Waals surface area contributed by atoms with Crippen molar-refractivity contribution in [3.05, 3.63) is 53.5 Å². The summed E-state index contributed by atoms with van der Waals surface area (Å²) in [5.41, 5.74) is 1.21. The number of hydrogen-bond donors (Lipinski definition) is 1. The third kappa shape index (κ3) is 4.92. The van der Waals surface area contributed by atoms with Crippen LogP contribution in [0.1, 0.15) is 66.1 Å². The first-order valence-electron chi connectivity index (χ1n) is 12.6. The summed E-state index contributed by atoms with van der Waals surface area (Å²) in [6, 6.07) is 6.21. The number of hydrogen-bond acceptors (Lipinski definition) is 8. The predicted molar refractivity (Wildman–Crippen MR) is 127 cm³/mol. The molecule has 2 aromatic heterocycles. The Morgan fingerprint density at radius 2 is 1.76 bits per heavy atom. The summed E-state index contributed by atoms with van der Waals surface area (Å²) in [4.78, 5) is 21.8. The minimum Gasteiger partial charge on any atom is -0.478 e. The number of alkyl halides is 3. The number of carbonyl (C=O) groups is 1. The monoisotopic (exact) mass is 530 g/mol. The van der Waals surface area contributed by atoms with E-state index in [1.54, 1.807) is 6.07 Å². The SMILES string of the molecule is O=C(O)c1cnc(N2[C@@H]3CC[C@H]2C[C@H](OCc2c(-c4ccccc4OC(F)(F)F)noc2C2CC2)C3)nc1. The quantitative estimate of drug-likeness (QED) is 0.414. The number of para-hydroxylation sites is 1. The molecule has 1 aliphatic carbocycles. The fourth-order valence-electron chi connectivity index (χ4n) is 5.57. The second-order valence-electron chi connectivity index (χ2n) is 9.97. The number of fused-ring (bicyclic) bond motifs is 2. The third-order valence-electron chi connectivity index (χ3n) is 7.40. The lowest BCUT2D eigenvalue weighted by atomic mass is 9.99. The summed E-state index contributed by atoms with van der Waals surface area (Å²) in [6.45, 7) is 0.166. The van der Waals surface area contributed by atoms with Gasteiger partial charge in [-0.1, -0.05) is 17.3 Å². The van der Waals surface area contributed by atoms with Crippen molar-refractivity contribution >= 4 is 11.9 Å². The summed E-state index contributed by atoms with van der Waals surface area (Å²) < 4.78 is 55.3. The molecule has 6 rings (SSSR count). The van der Waals surface area contributed by atoms with Gasteiger partial charge in [0.15, 0.2) is 0 Å². The zero-order valence-electron chi connectivity index (χ0n) is 20.2. The predicted octanol–water partition coefficient (Wildman–Crippen LogP) is 5.32. The molecule has 9 nitrogen and oxygen atoms in total. The van der Waals surface area contributed by atoms with Crippen LogP contribution in [0.2, 0.25) is 0 Å². The van der Waals surface area contributed by atoms with Gasteiger partial charge in [-0.25, -0.2) is 14.8 Å². The van der Waals surface area contributed by atoms with Gasteiger partial charge in [-0.2, -0.15) is 0 Å². The van der Waals surface area contributed by atoms with Crippen LogP contribution < -0.4 is 9.64 Å². The Kier molecular flexibility index (Phi) is 6.21. The highest BCUT2D eigenvalue weighted by atomic mass is 19.4. The van der Waals surface area contributed by atoms with Crippen LogP contribution in [0.15, 0.2) is 41.2 Å². The van der Waals surface area contributed by atoms with Gasteiger partial charge in [0, 0.05) is 41.5 Å². The zero-order chi connectivity index (χ0) is 26.4. The summed E-state index contributed by atoms with van der Waals surface area (Å²) in [6.07, 6.45) is 2.96. The molecule has 200 valence electrons. The molecule has 1 saturated carbocycles. The Morgan fingerprint density at radius 3 is 2.39 bits per heavy atom. The van der Waals surface area contributed by atoms with E-state index in [0.717, 1.165) is 38.5 Å². The molecule has 0 amide bonds. The second-order valence-corrected chi connectivity index (χ2v) is 9.97. The van der Waals surface area contributed by atoms with Gasteiger partial charge < -0.3 is 24.0 Å². The maximum atomic E-state index is 13.0. The highest BCUT2D eigenvalue weighted by Crippen LogP contribution is 2.46. The van der Waals surface area contributed by atoms with Gasteiger partial charge >= 0.3 is 12.3 Å². The van der Waals surface area contributed by atoms with Crippen LogP contribution in [0.3, 0.4) is 0 Å². The number of aromatic carboxylic acids is 1. The molecule has 3 aromatic rings. The molecule has 4 heterocycles. The van der Waals surface area contributed by atoms with Gasteiger partial charge in [0.05, 0.1) is 18.3 Å². The van der Waals surface area contributed by atoms with Gasteiger partial charge in [-0.15, -0.1) is 13.2 Å². The van der Waals surface area contributed by atoms with E-state index < -0.39 is 12.3 Å². The number of nitrogens with zero attached hydrogens (tertiary/aromatic N) is 4. The van der Waals surface area contributed by atoms with Crippen molar-refractivity contribution in [2.75, 3.05) is 4.90 Å². The van der Waals surface area contributed by atoms with Gasteiger partial charge in [0.1, 0.15) is 17.2 Å². The van der Waals surface area contributed by atoms with Crippen LogP contribution in [0, 0.1) is 0 Å². The molecule has 3 aliphatic rings. The maximum absolute atomic E-state index is 13.0. The Morgan fingerprint density at radius 1 is 1.08 bits per heavy atom. The van der Waals surface area contributed by atoms with Crippen LogP contribution in [0.5, 0.6) is 5.75 Å². The molecule has 1 aromatic carbocycles. The molecule has 38 heavy (non-hydrogen) atoms. The molecule has 2 saturated heterocycles. The number of piperidine rings is 1. The van der Waals surface area contributed by atoms with E-state index >= 15 is 0 Å². The fraction of sp³-hybridized carbons (Fsp3) is 0.462. The minimum absolute atomic E-state index is 0.0394. The lowest BCUT2D eigenvalue weighted by molar-refractivity contribution is -0.274. The van der Waals surface area contributed by atoms with Crippen molar-refractivity contribution in [2.24, 2.45) is 0 Å². The topological polar surface area (TPSA) is 111 Å². The van der Waals surface area contributed by atoms with Gasteiger partial charge in [-0.3, -0.25) is 0 Å². The highest BCUT2D eigenvalue weighted by molar-refractivity contribution is 5.86. The molecular formula is C26H25F3N4O5. The summed E-state index contributed by atoms with van der Waals surface area (Å²) >= 11 is 0. The van der Waals surface area contributed by atoms with Crippen LogP contribution in [-0.4, -0.2) is 50.8 Å². The Labute approximate surface area is 215 Å². The number of aromatic nitrogens is 3. The summed E-state index contributed by atoms with van der Waals surface area (Å²) in [5.74, 6) is -0.0433. The lowest BCUT2D eigenvalue weighted by Gasteiger charge is -2.38. The number of halogens is 3. The second kappa shape index (κ2) is 9.57. The van der Waals surface area contributed by atoms with Gasteiger partial charge in [-0.05, 0) is 50.7 Å². The van der Waals surface area contributed by atoms with Crippen molar-refractivity contribution in [3.63, 3.8) is 0 Å². The van der Waals surface area contributed by atoms with Crippen LogP contribution in [0.4, 0.5) is 19.1 Å². The van der Waals surface area contributed by atoms with Gasteiger partial charge in [0.2, 0.25) is 5.95 Å². The lowest BCUT2D eigenvalue weighted by Crippen LogP contribution is -2.46. The average Bonchev–Trinajstić information content (AvgIpc) is 3.58. The number of ether oxygens (including phenoxy) is 2. The minimum atomic E-state index is -4.83. The summed E-state index contributed by atoms with van der Waals surface area (Å²) in [5, 5.41) is 13.3. The number of rotatable bonds is 8. The maximum Gasteiger partial charge on any atom is 0.573 e. The molecule has 12 heteroatoms. The third-order valence-corrected chi connectivity index (χ3v) is 7.40. The average molecular weight is 531 g/mol. The molecule has 0 spiro atoms. The molecule has 0 unspecified atom stereocenters. The Hall–Kier alpha value is -3.67. The fourth-order valence-corrected chi connectivity index (χ4v) is 5.57. The van der Waals surface area contributed by atoms with E-state index in [4.69, 9.17) is 14.4 Å². The first kappa shape index (κ1) is 24.7. The molecule has 0 radical (unpaired) electrons. The molecule has 1 N–H and O–H groups in total. The molecule has 3 atom stereocenters. The first-order chi connectivity index (χ1) is 18.3. The zero-order valence-corrected chi connectivity index (χ0v) is 20.2. The van der Waals surface area contributed by atoms with E-state index in [0.29, 0.717) is 23.0 Å². The smallest absolute Gasteiger partial charge is 0.478 e. The number of benzene rings is 1. The van der Waals surface area contributed by atoms with Crippen molar-refractivity contribution < 1.29 is 37.1 Å². The van der Waals surface area contributed by atoms with E-state index in [1.807, 2.05) is 0 Å². The molecule has 3 fully saturated rings. The molecule has 2 aliphatic heterocycles. The number of anilines is 1. The van der Waals surface area contributed by atoms with E-state index in [2.05, 4.69) is 24.8 Å². The number of carboxylic acids is 1. The van der Waals surface area contributed by atoms with E-state index in [-0.39, 0.29) is 47.6 Å². The van der Waals surface area contributed by atoms with Crippen molar-refractivity contribution in [3.8, 4) is 17.0 Å². The molecule has 2 bridgehead atoms. The van der Waals surface area contributed by atoms with Crippen molar-refractivity contribution in [2.45, 2.75) is 75.6 Å². The van der Waals surface area contributed by atoms with E-state index in [1.165, 1.54) is 30.6 Å².